The fourth-order valence-corrected chi connectivity index (χ4v) is 4.06. The van der Waals surface area contributed by atoms with Crippen LogP contribution in [0.4, 0.5) is 8.78 Å². The van der Waals surface area contributed by atoms with Crippen molar-refractivity contribution >= 4 is 17.7 Å². The molecule has 0 aromatic heterocycles. The van der Waals surface area contributed by atoms with Gasteiger partial charge in [-0.05, 0) is 36.5 Å². The van der Waals surface area contributed by atoms with E-state index in [1.165, 1.54) is 11.6 Å². The molecule has 34 heavy (non-hydrogen) atoms. The molecule has 1 fully saturated rings. The van der Waals surface area contributed by atoms with E-state index >= 15 is 0 Å². The summed E-state index contributed by atoms with van der Waals surface area (Å²) in [6.45, 7) is 5.03. The molecule has 2 aromatic rings. The number of nitrogens with zero attached hydrogens (tertiary/aromatic N) is 2. The lowest BCUT2D eigenvalue weighted by Gasteiger charge is -2.37. The number of hydrogen-bond donors (Lipinski definition) is 1. The van der Waals surface area contributed by atoms with Crippen LogP contribution >= 0.6 is 0 Å². The van der Waals surface area contributed by atoms with Gasteiger partial charge in [-0.15, -0.1) is 0 Å². The Balaban J connectivity index is 1.52. The molecule has 1 aliphatic heterocycles. The monoisotopic (exact) mass is 471 g/mol. The molecule has 1 saturated heterocycles. The summed E-state index contributed by atoms with van der Waals surface area (Å²) in [5, 5.41) is 2.50. The van der Waals surface area contributed by atoms with E-state index in [1.807, 2.05) is 30.3 Å². The summed E-state index contributed by atoms with van der Waals surface area (Å²) >= 11 is 0. The molecule has 0 aliphatic carbocycles. The van der Waals surface area contributed by atoms with Crippen molar-refractivity contribution in [2.45, 2.75) is 39.2 Å². The average molecular weight is 472 g/mol. The molecular weight excluding hydrogens is 440 g/mol. The van der Waals surface area contributed by atoms with Crippen molar-refractivity contribution in [2.75, 3.05) is 26.2 Å². The van der Waals surface area contributed by atoms with Gasteiger partial charge in [-0.3, -0.25) is 14.4 Å². The molecular formula is C26H31F2N3O3. The molecule has 0 spiro atoms. The number of amides is 3. The first kappa shape index (κ1) is 25.3. The molecule has 0 saturated carbocycles. The molecule has 3 amide bonds. The number of rotatable bonds is 8. The minimum Gasteiger partial charge on any atom is -0.340 e. The Kier molecular flexibility index (Phi) is 8.73. The van der Waals surface area contributed by atoms with Gasteiger partial charge in [0.1, 0.15) is 23.2 Å². The molecule has 0 radical (unpaired) electrons. The number of carbonyl (C=O) groups excluding carboxylic acids is 3. The van der Waals surface area contributed by atoms with Gasteiger partial charge in [0.05, 0.1) is 0 Å². The smallest absolute Gasteiger partial charge is 0.257 e. The number of halogens is 2. The second-order valence-corrected chi connectivity index (χ2v) is 8.84. The summed E-state index contributed by atoms with van der Waals surface area (Å²) in [5.41, 5.74) is 0.495. The molecule has 8 heteroatoms. The summed E-state index contributed by atoms with van der Waals surface area (Å²) in [6, 6.07) is 12.2. The van der Waals surface area contributed by atoms with Crippen molar-refractivity contribution in [3.8, 4) is 0 Å². The van der Waals surface area contributed by atoms with Crippen molar-refractivity contribution in [2.24, 2.45) is 5.92 Å². The number of hydrogen-bond acceptors (Lipinski definition) is 3. The molecule has 1 heterocycles. The van der Waals surface area contributed by atoms with E-state index in [1.54, 1.807) is 23.6 Å². The van der Waals surface area contributed by atoms with Crippen molar-refractivity contribution in [3.05, 3.63) is 71.3 Å². The number of benzene rings is 2. The van der Waals surface area contributed by atoms with E-state index < -0.39 is 29.1 Å². The molecule has 6 nitrogen and oxygen atoms in total. The maximum Gasteiger partial charge on any atom is 0.257 e. The van der Waals surface area contributed by atoms with Crippen molar-refractivity contribution < 1.29 is 23.2 Å². The van der Waals surface area contributed by atoms with Gasteiger partial charge < -0.3 is 15.1 Å². The van der Waals surface area contributed by atoms with Crippen LogP contribution in [0.3, 0.4) is 0 Å². The van der Waals surface area contributed by atoms with Crippen molar-refractivity contribution in [1.29, 1.82) is 0 Å². The maximum atomic E-state index is 14.0. The Morgan fingerprint density at radius 3 is 2.06 bits per heavy atom. The van der Waals surface area contributed by atoms with Crippen LogP contribution < -0.4 is 5.32 Å². The first-order valence-corrected chi connectivity index (χ1v) is 11.6. The number of carbonyl (C=O) groups is 3. The number of nitrogens with one attached hydrogen (secondary N) is 1. The fraction of sp³-hybridized carbons (Fsp3) is 0.423. The quantitative estimate of drug-likeness (QED) is 0.642. The van der Waals surface area contributed by atoms with E-state index in [0.717, 1.165) is 25.0 Å². The van der Waals surface area contributed by atoms with E-state index in [0.29, 0.717) is 32.6 Å². The fourth-order valence-electron chi connectivity index (χ4n) is 4.06. The zero-order valence-electron chi connectivity index (χ0n) is 19.6. The zero-order chi connectivity index (χ0) is 24.7. The molecule has 0 unspecified atom stereocenters. The van der Waals surface area contributed by atoms with Gasteiger partial charge in [-0.25, -0.2) is 8.78 Å². The van der Waals surface area contributed by atoms with Gasteiger partial charge in [0.25, 0.3) is 5.91 Å². The van der Waals surface area contributed by atoms with E-state index in [2.05, 4.69) is 5.32 Å². The van der Waals surface area contributed by atoms with Crippen LogP contribution in [0, 0.1) is 17.6 Å². The van der Waals surface area contributed by atoms with Gasteiger partial charge >= 0.3 is 0 Å². The Morgan fingerprint density at radius 1 is 0.882 bits per heavy atom. The lowest BCUT2D eigenvalue weighted by Crippen LogP contribution is -2.57. The molecule has 1 N–H and O–H groups in total. The van der Waals surface area contributed by atoms with E-state index in [4.69, 9.17) is 0 Å². The summed E-state index contributed by atoms with van der Waals surface area (Å²) < 4.78 is 28.0. The predicted molar refractivity (Wildman–Crippen MR) is 125 cm³/mol. The Hall–Kier alpha value is -3.29. The van der Waals surface area contributed by atoms with Crippen LogP contribution in [0.5, 0.6) is 0 Å². The first-order valence-electron chi connectivity index (χ1n) is 11.6. The Bertz CT molecular complexity index is 985. The highest BCUT2D eigenvalue weighted by Crippen LogP contribution is 2.15. The van der Waals surface area contributed by atoms with Crippen LogP contribution in [0.2, 0.25) is 0 Å². The van der Waals surface area contributed by atoms with Crippen LogP contribution in [-0.4, -0.2) is 59.7 Å². The highest BCUT2D eigenvalue weighted by Gasteiger charge is 2.32. The van der Waals surface area contributed by atoms with Gasteiger partial charge in [0, 0.05) is 32.6 Å². The molecule has 2 aromatic carbocycles. The number of aryl methyl sites for hydroxylation is 1. The lowest BCUT2D eigenvalue weighted by molar-refractivity contribution is -0.141. The molecule has 182 valence electrons. The van der Waals surface area contributed by atoms with Crippen LogP contribution in [0.25, 0.3) is 0 Å². The van der Waals surface area contributed by atoms with Crippen LogP contribution in [0.15, 0.2) is 48.5 Å². The minimum absolute atomic E-state index is 0.0618. The SMILES string of the molecule is CC(C)[C@H](NC(=O)c1c(F)cccc1F)C(=O)N1CCN(C(=O)CCCc2ccccc2)CC1. The summed E-state index contributed by atoms with van der Waals surface area (Å²) in [7, 11) is 0. The predicted octanol–water partition coefficient (Wildman–Crippen LogP) is 3.41. The number of piperazine rings is 1. The first-order chi connectivity index (χ1) is 16.3. The molecule has 3 rings (SSSR count). The Morgan fingerprint density at radius 2 is 1.47 bits per heavy atom. The van der Waals surface area contributed by atoms with E-state index in [9.17, 15) is 23.2 Å². The maximum absolute atomic E-state index is 14.0. The molecule has 1 aliphatic rings. The average Bonchev–Trinajstić information content (AvgIpc) is 2.82. The third-order valence-corrected chi connectivity index (χ3v) is 6.05. The molecule has 0 bridgehead atoms. The van der Waals surface area contributed by atoms with Crippen molar-refractivity contribution in [1.82, 2.24) is 15.1 Å². The van der Waals surface area contributed by atoms with E-state index in [-0.39, 0.29) is 17.7 Å². The highest BCUT2D eigenvalue weighted by molar-refractivity contribution is 5.98. The van der Waals surface area contributed by atoms with Crippen LogP contribution in [0.1, 0.15) is 42.6 Å². The highest BCUT2D eigenvalue weighted by atomic mass is 19.1. The third-order valence-electron chi connectivity index (χ3n) is 6.05. The molecule has 1 atom stereocenters. The minimum atomic E-state index is -0.980. The van der Waals surface area contributed by atoms with Gasteiger partial charge in [0.15, 0.2) is 0 Å². The largest absolute Gasteiger partial charge is 0.340 e. The summed E-state index contributed by atoms with van der Waals surface area (Å²) in [4.78, 5) is 41.5. The normalized spacial score (nSPS) is 14.7. The topological polar surface area (TPSA) is 69.7 Å². The Labute approximate surface area is 198 Å². The van der Waals surface area contributed by atoms with Gasteiger partial charge in [-0.2, -0.15) is 0 Å². The van der Waals surface area contributed by atoms with Crippen LogP contribution in [-0.2, 0) is 16.0 Å². The summed E-state index contributed by atoms with van der Waals surface area (Å²) in [5.74, 6) is -3.47. The van der Waals surface area contributed by atoms with Crippen molar-refractivity contribution in [3.63, 3.8) is 0 Å². The summed E-state index contributed by atoms with van der Waals surface area (Å²) in [6.07, 6.45) is 2.04. The standard InChI is InChI=1S/C26H31F2N3O3/c1-18(2)24(29-25(33)23-20(27)11-7-12-21(23)28)26(34)31-16-14-30(15-17-31)22(32)13-6-10-19-8-4-3-5-9-19/h3-5,7-9,11-12,18,24H,6,10,13-17H2,1-2H3,(H,29,33)/t24-/m0/s1. The van der Waals surface area contributed by atoms with Gasteiger partial charge in [0.2, 0.25) is 11.8 Å². The zero-order valence-corrected chi connectivity index (χ0v) is 19.6. The second kappa shape index (κ2) is 11.7. The lowest BCUT2D eigenvalue weighted by atomic mass is 10.0. The van der Waals surface area contributed by atoms with Gasteiger partial charge in [-0.1, -0.05) is 50.2 Å². The third kappa shape index (κ3) is 6.40. The second-order valence-electron chi connectivity index (χ2n) is 8.84.